The fourth-order valence-corrected chi connectivity index (χ4v) is 3.79. The Morgan fingerprint density at radius 2 is 0.735 bits per heavy atom. The molecule has 0 atom stereocenters. The average Bonchev–Trinajstić information content (AvgIpc) is 2.81. The predicted octanol–water partition coefficient (Wildman–Crippen LogP) is -0.157. The Morgan fingerprint density at radius 1 is 0.412 bits per heavy atom. The van der Waals surface area contributed by atoms with Crippen molar-refractivity contribution in [3.05, 3.63) is 11.1 Å². The molecule has 0 radical (unpaired) electrons. The van der Waals surface area contributed by atoms with Crippen LogP contribution in [0.2, 0.25) is 0 Å². The van der Waals surface area contributed by atoms with Gasteiger partial charge in [0.25, 0.3) is 0 Å². The van der Waals surface area contributed by atoms with Crippen molar-refractivity contribution in [2.75, 3.05) is 79.9 Å². The Morgan fingerprint density at radius 3 is 1.12 bits per heavy atom. The maximum atomic E-state index is 6.36. The first-order valence-corrected chi connectivity index (χ1v) is 9.96. The van der Waals surface area contributed by atoms with E-state index in [-0.39, 0.29) is 80.2 Å². The second-order valence-corrected chi connectivity index (χ2v) is 7.96. The third-order valence-electron chi connectivity index (χ3n) is 6.09. The van der Waals surface area contributed by atoms with Gasteiger partial charge in [0.05, 0.1) is 79.6 Å². The molecule has 0 bridgehead atoms. The van der Waals surface area contributed by atoms with Crippen molar-refractivity contribution in [2.24, 2.45) is 0 Å². The number of hydrogen-bond acceptors (Lipinski definition) is 14. The van der Waals surface area contributed by atoms with E-state index in [1.165, 1.54) is 0 Å². The minimum Gasteiger partial charge on any atom is -0.397 e. The Kier molecular flexibility index (Phi) is 5.38. The van der Waals surface area contributed by atoms with Gasteiger partial charge in [0.2, 0.25) is 0 Å². The molecule has 3 rings (SSSR count). The van der Waals surface area contributed by atoms with Gasteiger partial charge in [0.1, 0.15) is 0 Å². The predicted molar refractivity (Wildman–Crippen MR) is 148 cm³/mol. The fraction of sp³-hybridized carbons (Fsp3) is 0.100. The summed E-state index contributed by atoms with van der Waals surface area (Å²) in [4.78, 5) is 0. The largest absolute Gasteiger partial charge is 0.397 e. The van der Waals surface area contributed by atoms with Crippen LogP contribution in [-0.2, 0) is 6.54 Å². The normalized spacial score (nSPS) is 11.0. The van der Waals surface area contributed by atoms with E-state index in [9.17, 15) is 0 Å². The molecule has 0 saturated carbocycles. The lowest BCUT2D eigenvalue weighted by atomic mass is 9.92. The number of nitrogens with one attached hydrogen (secondary N) is 1. The number of nitrogen functional groups attached to an aromatic ring is 13. The summed E-state index contributed by atoms with van der Waals surface area (Å²) in [5, 5.41) is 3.06. The van der Waals surface area contributed by atoms with Gasteiger partial charge in [-0.2, -0.15) is 0 Å². The van der Waals surface area contributed by atoms with Crippen LogP contribution in [0.5, 0.6) is 0 Å². The number of rotatable bonds is 4. The lowest BCUT2D eigenvalue weighted by Crippen LogP contribution is -2.16. The highest BCUT2D eigenvalue weighted by molar-refractivity contribution is 6.13. The number of benzene rings is 3. The van der Waals surface area contributed by atoms with Crippen molar-refractivity contribution in [1.29, 1.82) is 0 Å². The molecule has 34 heavy (non-hydrogen) atoms. The SMILES string of the molecule is Cc1c(N)c(N)c(NCc2c(N)c(N)c(-c3c(N)c(N)c(N)c(N)c3N)c(N)c2N)c(N)c1N. The highest BCUT2D eigenvalue weighted by Crippen LogP contribution is 2.51. The van der Waals surface area contributed by atoms with Gasteiger partial charge >= 0.3 is 0 Å². The smallest absolute Gasteiger partial charge is 0.0853 e. The highest BCUT2D eigenvalue weighted by Gasteiger charge is 2.26. The van der Waals surface area contributed by atoms with Crippen LogP contribution in [0.3, 0.4) is 0 Å². The molecule has 0 amide bonds. The summed E-state index contributed by atoms with van der Waals surface area (Å²) >= 11 is 0. The zero-order valence-electron chi connectivity index (χ0n) is 18.7. The molecule has 0 spiro atoms. The van der Waals surface area contributed by atoms with Crippen LogP contribution in [0, 0.1) is 6.92 Å². The second-order valence-electron chi connectivity index (χ2n) is 7.96. The summed E-state index contributed by atoms with van der Waals surface area (Å²) < 4.78 is 0. The molecule has 3 aromatic carbocycles. The maximum Gasteiger partial charge on any atom is 0.0853 e. The average molecular weight is 469 g/mol. The topological polar surface area (TPSA) is 350 Å². The van der Waals surface area contributed by atoms with Crippen molar-refractivity contribution in [2.45, 2.75) is 13.5 Å². The Labute approximate surface area is 195 Å². The van der Waals surface area contributed by atoms with Gasteiger partial charge in [-0.3, -0.25) is 0 Å². The molecule has 0 unspecified atom stereocenters. The van der Waals surface area contributed by atoms with Gasteiger partial charge in [-0.1, -0.05) is 0 Å². The lowest BCUT2D eigenvalue weighted by molar-refractivity contribution is 1.16. The first kappa shape index (κ1) is 23.5. The lowest BCUT2D eigenvalue weighted by Gasteiger charge is -2.24. The highest BCUT2D eigenvalue weighted by atomic mass is 15.0. The van der Waals surface area contributed by atoms with Gasteiger partial charge in [0, 0.05) is 23.2 Å². The standard InChI is InChI=1S/C20H32N14/c1-3-7(21)18(32)20(19(33)8(3)22)34-2-4-9(23)11(25)5(12(26)10(4)24)6-13(27)15(29)17(31)16(30)14(6)28/h34H,2,21-33H2,1H3. The first-order chi connectivity index (χ1) is 15.7. The summed E-state index contributed by atoms with van der Waals surface area (Å²) in [6.45, 7) is 1.76. The van der Waals surface area contributed by atoms with Crippen LogP contribution in [-0.4, -0.2) is 0 Å². The molecule has 0 heterocycles. The van der Waals surface area contributed by atoms with Crippen molar-refractivity contribution < 1.29 is 0 Å². The molecule has 14 heteroatoms. The molecule has 27 N–H and O–H groups in total. The van der Waals surface area contributed by atoms with Crippen molar-refractivity contribution in [1.82, 2.24) is 0 Å². The van der Waals surface area contributed by atoms with E-state index in [4.69, 9.17) is 74.5 Å². The monoisotopic (exact) mass is 468 g/mol. The van der Waals surface area contributed by atoms with Crippen molar-refractivity contribution >= 4 is 79.6 Å². The Hall–Kier alpha value is -5.14. The van der Waals surface area contributed by atoms with Gasteiger partial charge in [-0.05, 0) is 12.5 Å². The second kappa shape index (κ2) is 7.77. The van der Waals surface area contributed by atoms with Crippen molar-refractivity contribution in [3.8, 4) is 11.1 Å². The van der Waals surface area contributed by atoms with Crippen LogP contribution in [0.1, 0.15) is 11.1 Å². The third kappa shape index (κ3) is 3.12. The van der Waals surface area contributed by atoms with E-state index in [0.29, 0.717) is 28.2 Å². The van der Waals surface area contributed by atoms with E-state index in [2.05, 4.69) is 5.32 Å². The number of anilines is 14. The molecular weight excluding hydrogens is 436 g/mol. The van der Waals surface area contributed by atoms with Crippen LogP contribution in [0.4, 0.5) is 79.6 Å². The Balaban J connectivity index is 2.17. The van der Waals surface area contributed by atoms with Crippen LogP contribution < -0.4 is 79.9 Å². The summed E-state index contributed by atoms with van der Waals surface area (Å²) in [5.41, 5.74) is 83.2. The van der Waals surface area contributed by atoms with Gasteiger partial charge < -0.3 is 79.9 Å². The molecule has 0 aliphatic carbocycles. The molecule has 0 aliphatic heterocycles. The molecule has 182 valence electrons. The number of hydrogen-bond donors (Lipinski definition) is 14. The van der Waals surface area contributed by atoms with Gasteiger partial charge in [-0.25, -0.2) is 0 Å². The van der Waals surface area contributed by atoms with E-state index < -0.39 is 0 Å². The molecule has 0 aromatic heterocycles. The van der Waals surface area contributed by atoms with Gasteiger partial charge in [0.15, 0.2) is 0 Å². The molecule has 0 aliphatic rings. The molecular formula is C20H32N14. The summed E-state index contributed by atoms with van der Waals surface area (Å²) in [7, 11) is 0. The molecule has 3 aromatic rings. The van der Waals surface area contributed by atoms with Crippen molar-refractivity contribution in [3.63, 3.8) is 0 Å². The molecule has 0 fully saturated rings. The zero-order chi connectivity index (χ0) is 25.8. The summed E-state index contributed by atoms with van der Waals surface area (Å²) in [6, 6.07) is 0. The minimum atomic E-state index is 0.0314. The fourth-order valence-electron chi connectivity index (χ4n) is 3.79. The summed E-state index contributed by atoms with van der Waals surface area (Å²) in [5.74, 6) is 0. The molecule has 14 nitrogen and oxygen atoms in total. The van der Waals surface area contributed by atoms with Gasteiger partial charge in [-0.15, -0.1) is 0 Å². The molecule has 0 saturated heterocycles. The van der Waals surface area contributed by atoms with E-state index in [1.54, 1.807) is 6.92 Å². The van der Waals surface area contributed by atoms with E-state index >= 15 is 0 Å². The van der Waals surface area contributed by atoms with Crippen LogP contribution >= 0.6 is 0 Å². The van der Waals surface area contributed by atoms with E-state index in [0.717, 1.165) is 0 Å². The maximum absolute atomic E-state index is 6.36. The zero-order valence-corrected chi connectivity index (χ0v) is 18.7. The third-order valence-corrected chi connectivity index (χ3v) is 6.09. The number of nitrogens with two attached hydrogens (primary N) is 13. The Bertz CT molecular complexity index is 1260. The van der Waals surface area contributed by atoms with E-state index in [1.807, 2.05) is 0 Å². The minimum absolute atomic E-state index is 0.0314. The first-order valence-electron chi connectivity index (χ1n) is 9.96. The quantitative estimate of drug-likeness (QED) is 0.221. The van der Waals surface area contributed by atoms with Crippen LogP contribution in [0.25, 0.3) is 11.1 Å². The summed E-state index contributed by atoms with van der Waals surface area (Å²) in [6.07, 6.45) is 0. The van der Waals surface area contributed by atoms with Crippen LogP contribution in [0.15, 0.2) is 0 Å².